The standard InChI is InChI=1S/C16H22BFN4O2/c17-21-5-3-13(4-6-21)12-19-7-9-20(10-8-19)16-2-1-14(22(23)24)11-15(16)18/h1-2,11,13H,3-10,12H2. The van der Waals surface area contributed by atoms with Crippen LogP contribution in [0.25, 0.3) is 0 Å². The molecular weight excluding hydrogens is 310 g/mol. The SMILES string of the molecule is [B]N1CCC(CN2CCN(c3ccc([N+](=O)[O-])cc3F)CC2)CC1. The van der Waals surface area contributed by atoms with Gasteiger partial charge in [0, 0.05) is 38.8 Å². The molecule has 1 aromatic rings. The van der Waals surface area contributed by atoms with Gasteiger partial charge in [-0.05, 0) is 37.9 Å². The highest BCUT2D eigenvalue weighted by Gasteiger charge is 2.24. The van der Waals surface area contributed by atoms with Crippen LogP contribution in [0.3, 0.4) is 0 Å². The predicted octanol–water partition coefficient (Wildman–Crippen LogP) is 1.65. The van der Waals surface area contributed by atoms with E-state index in [1.165, 1.54) is 12.1 Å². The van der Waals surface area contributed by atoms with Crippen molar-refractivity contribution in [2.24, 2.45) is 5.92 Å². The van der Waals surface area contributed by atoms with Crippen LogP contribution in [0.2, 0.25) is 0 Å². The maximum Gasteiger partial charge on any atom is 0.272 e. The van der Waals surface area contributed by atoms with Crippen LogP contribution in [-0.4, -0.2) is 68.4 Å². The van der Waals surface area contributed by atoms with Gasteiger partial charge in [-0.1, -0.05) is 0 Å². The van der Waals surface area contributed by atoms with Crippen LogP contribution >= 0.6 is 0 Å². The van der Waals surface area contributed by atoms with Gasteiger partial charge in [0.2, 0.25) is 0 Å². The maximum atomic E-state index is 14.1. The molecule has 3 rings (SSSR count). The topological polar surface area (TPSA) is 52.9 Å². The molecule has 0 aliphatic carbocycles. The molecule has 6 nitrogen and oxygen atoms in total. The Morgan fingerprint density at radius 1 is 1.17 bits per heavy atom. The summed E-state index contributed by atoms with van der Waals surface area (Å²) in [5.41, 5.74) is 0.248. The van der Waals surface area contributed by atoms with E-state index in [1.54, 1.807) is 0 Å². The third-order valence-electron chi connectivity index (χ3n) is 5.02. The third-order valence-corrected chi connectivity index (χ3v) is 5.02. The highest BCUT2D eigenvalue weighted by Crippen LogP contribution is 2.25. The van der Waals surface area contributed by atoms with Gasteiger partial charge in [-0.2, -0.15) is 0 Å². The number of benzene rings is 1. The summed E-state index contributed by atoms with van der Waals surface area (Å²) in [5.74, 6) is 0.167. The van der Waals surface area contributed by atoms with Crippen molar-refractivity contribution in [2.75, 3.05) is 50.7 Å². The van der Waals surface area contributed by atoms with E-state index in [0.29, 0.717) is 11.6 Å². The van der Waals surface area contributed by atoms with Crippen LogP contribution in [0, 0.1) is 21.8 Å². The summed E-state index contributed by atoms with van der Waals surface area (Å²) >= 11 is 0. The number of rotatable bonds is 4. The molecule has 0 atom stereocenters. The Morgan fingerprint density at radius 3 is 2.42 bits per heavy atom. The molecule has 8 heteroatoms. The number of piperidine rings is 1. The molecule has 0 N–H and O–H groups in total. The first-order valence-electron chi connectivity index (χ1n) is 8.44. The van der Waals surface area contributed by atoms with E-state index in [9.17, 15) is 14.5 Å². The number of hydrogen-bond donors (Lipinski definition) is 0. The molecule has 0 bridgehead atoms. The first kappa shape index (κ1) is 17.2. The highest BCUT2D eigenvalue weighted by atomic mass is 19.1. The largest absolute Gasteiger partial charge is 0.367 e. The Hall–Kier alpha value is -1.67. The second-order valence-corrected chi connectivity index (χ2v) is 6.66. The summed E-state index contributed by atoms with van der Waals surface area (Å²) in [4.78, 5) is 16.4. The fourth-order valence-electron chi connectivity index (χ4n) is 3.54. The highest BCUT2D eigenvalue weighted by molar-refractivity contribution is 6.04. The molecule has 2 fully saturated rings. The van der Waals surface area contributed by atoms with Gasteiger partial charge in [-0.3, -0.25) is 15.0 Å². The average molecular weight is 332 g/mol. The van der Waals surface area contributed by atoms with Gasteiger partial charge in [-0.25, -0.2) is 4.39 Å². The Labute approximate surface area is 142 Å². The van der Waals surface area contributed by atoms with Gasteiger partial charge in [0.15, 0.2) is 13.8 Å². The van der Waals surface area contributed by atoms with E-state index in [0.717, 1.165) is 64.7 Å². The summed E-state index contributed by atoms with van der Waals surface area (Å²) in [6.45, 7) is 6.25. The Balaban J connectivity index is 1.52. The first-order chi connectivity index (χ1) is 11.5. The van der Waals surface area contributed by atoms with Crippen molar-refractivity contribution in [2.45, 2.75) is 12.8 Å². The lowest BCUT2D eigenvalue weighted by atomic mass is 9.94. The number of hydrogen-bond acceptors (Lipinski definition) is 5. The Bertz CT molecular complexity index is 587. The number of halogens is 1. The summed E-state index contributed by atoms with van der Waals surface area (Å²) in [6, 6.07) is 3.88. The fourth-order valence-corrected chi connectivity index (χ4v) is 3.54. The monoisotopic (exact) mass is 332 g/mol. The fraction of sp³-hybridized carbons (Fsp3) is 0.625. The van der Waals surface area contributed by atoms with Crippen LogP contribution in [0.5, 0.6) is 0 Å². The smallest absolute Gasteiger partial charge is 0.272 e. The molecular formula is C16H22BFN4O2. The molecule has 2 aliphatic heterocycles. The van der Waals surface area contributed by atoms with Crippen LogP contribution in [0.1, 0.15) is 12.8 Å². The molecule has 2 saturated heterocycles. The maximum absolute atomic E-state index is 14.1. The van der Waals surface area contributed by atoms with Crippen molar-refractivity contribution in [1.82, 2.24) is 9.71 Å². The quantitative estimate of drug-likeness (QED) is 0.477. The zero-order valence-corrected chi connectivity index (χ0v) is 13.7. The molecule has 2 radical (unpaired) electrons. The Morgan fingerprint density at radius 2 is 1.83 bits per heavy atom. The predicted molar refractivity (Wildman–Crippen MR) is 91.8 cm³/mol. The molecule has 0 aromatic heterocycles. The minimum Gasteiger partial charge on any atom is -0.367 e. The summed E-state index contributed by atoms with van der Waals surface area (Å²) < 4.78 is 14.1. The normalized spacial score (nSPS) is 21.1. The summed E-state index contributed by atoms with van der Waals surface area (Å²) in [7, 11) is 5.79. The van der Waals surface area contributed by atoms with E-state index in [1.807, 2.05) is 9.71 Å². The van der Waals surface area contributed by atoms with Gasteiger partial charge < -0.3 is 9.71 Å². The van der Waals surface area contributed by atoms with Crippen molar-refractivity contribution in [3.63, 3.8) is 0 Å². The molecule has 0 amide bonds. The second kappa shape index (κ2) is 7.48. The van der Waals surface area contributed by atoms with Gasteiger partial charge >= 0.3 is 0 Å². The molecule has 128 valence electrons. The molecule has 0 unspecified atom stereocenters. The lowest BCUT2D eigenvalue weighted by Gasteiger charge is -2.39. The third kappa shape index (κ3) is 4.05. The second-order valence-electron chi connectivity index (χ2n) is 6.66. The van der Waals surface area contributed by atoms with Crippen LogP contribution in [0.15, 0.2) is 18.2 Å². The first-order valence-corrected chi connectivity index (χ1v) is 8.44. The Kier molecular flexibility index (Phi) is 5.35. The van der Waals surface area contributed by atoms with Gasteiger partial charge in [0.25, 0.3) is 5.69 Å². The van der Waals surface area contributed by atoms with Crippen molar-refractivity contribution in [3.8, 4) is 0 Å². The number of nitro groups is 1. The van der Waals surface area contributed by atoms with E-state index < -0.39 is 10.7 Å². The number of nitro benzene ring substituents is 1. The zero-order valence-electron chi connectivity index (χ0n) is 13.7. The lowest BCUT2D eigenvalue weighted by molar-refractivity contribution is -0.385. The molecule has 1 aromatic carbocycles. The van der Waals surface area contributed by atoms with Crippen molar-refractivity contribution >= 4 is 19.4 Å². The molecule has 24 heavy (non-hydrogen) atoms. The van der Waals surface area contributed by atoms with Gasteiger partial charge in [-0.15, -0.1) is 0 Å². The molecule has 0 spiro atoms. The summed E-state index contributed by atoms with van der Waals surface area (Å²) in [5, 5.41) is 10.7. The molecule has 2 heterocycles. The number of nitrogens with zero attached hydrogens (tertiary/aromatic N) is 4. The van der Waals surface area contributed by atoms with Crippen molar-refractivity contribution in [3.05, 3.63) is 34.1 Å². The van der Waals surface area contributed by atoms with E-state index >= 15 is 0 Å². The average Bonchev–Trinajstić information content (AvgIpc) is 2.58. The van der Waals surface area contributed by atoms with Crippen LogP contribution in [-0.2, 0) is 0 Å². The number of anilines is 1. The van der Waals surface area contributed by atoms with Gasteiger partial charge in [0.05, 0.1) is 16.7 Å². The van der Waals surface area contributed by atoms with Crippen LogP contribution < -0.4 is 4.90 Å². The zero-order chi connectivity index (χ0) is 17.1. The minimum atomic E-state index is -0.572. The van der Waals surface area contributed by atoms with E-state index in [4.69, 9.17) is 7.98 Å². The van der Waals surface area contributed by atoms with E-state index in [-0.39, 0.29) is 5.69 Å². The number of piperazine rings is 1. The lowest BCUT2D eigenvalue weighted by Crippen LogP contribution is -2.49. The molecule has 0 saturated carbocycles. The van der Waals surface area contributed by atoms with E-state index in [2.05, 4.69) is 4.90 Å². The molecule has 2 aliphatic rings. The summed E-state index contributed by atoms with van der Waals surface area (Å²) in [6.07, 6.45) is 2.27. The van der Waals surface area contributed by atoms with Crippen molar-refractivity contribution < 1.29 is 9.31 Å². The number of non-ortho nitro benzene ring substituents is 1. The minimum absolute atomic E-state index is 0.207. The van der Waals surface area contributed by atoms with Crippen molar-refractivity contribution in [1.29, 1.82) is 0 Å². The van der Waals surface area contributed by atoms with Crippen LogP contribution in [0.4, 0.5) is 15.8 Å². The van der Waals surface area contributed by atoms with Gasteiger partial charge in [0.1, 0.15) is 0 Å².